The van der Waals surface area contributed by atoms with Crippen LogP contribution in [-0.2, 0) is 0 Å². The number of nitrogens with one attached hydrogen (secondary N) is 1. The van der Waals surface area contributed by atoms with Crippen LogP contribution in [0.5, 0.6) is 0 Å². The quantitative estimate of drug-likeness (QED) is 0.246. The summed E-state index contributed by atoms with van der Waals surface area (Å²) in [5.74, 6) is -0.232. The van der Waals surface area contributed by atoms with Gasteiger partial charge in [-0.1, -0.05) is 17.8 Å². The molecule has 0 aliphatic rings. The minimum absolute atomic E-state index is 0.0178. The maximum Gasteiger partial charge on any atom is 0.173 e. The van der Waals surface area contributed by atoms with Gasteiger partial charge in [-0.15, -0.1) is 0 Å². The average molecular weight is 366 g/mol. The van der Waals surface area contributed by atoms with E-state index in [1.165, 1.54) is 6.07 Å². The van der Waals surface area contributed by atoms with Crippen molar-refractivity contribution in [3.63, 3.8) is 0 Å². The normalized spacial score (nSPS) is 10.1. The topological polar surface area (TPSA) is 113 Å². The van der Waals surface area contributed by atoms with Crippen LogP contribution in [-0.4, -0.2) is 21.9 Å². The summed E-state index contributed by atoms with van der Waals surface area (Å²) in [6, 6.07) is 4.41. The summed E-state index contributed by atoms with van der Waals surface area (Å²) in [5.41, 5.74) is 5.43. The Bertz CT molecular complexity index is 453. The van der Waals surface area contributed by atoms with E-state index in [9.17, 15) is 10.0 Å². The molecule has 8 heteroatoms. The summed E-state index contributed by atoms with van der Waals surface area (Å²) in [6.07, 6.45) is 0. The van der Waals surface area contributed by atoms with Crippen LogP contribution in [0.25, 0.3) is 0 Å². The Balaban J connectivity index is 2.88. The number of carbonyl (C=O) groups excluding carboxylic acids is 1. The molecule has 0 fully saturated rings. The van der Waals surface area contributed by atoms with Crippen molar-refractivity contribution < 1.29 is 10.0 Å². The molecule has 0 aromatic heterocycles. The molecule has 0 aliphatic heterocycles. The van der Waals surface area contributed by atoms with Gasteiger partial charge in [-0.3, -0.25) is 15.4 Å². The van der Waals surface area contributed by atoms with E-state index in [1.54, 1.807) is 12.1 Å². The van der Waals surface area contributed by atoms with E-state index >= 15 is 0 Å². The zero-order chi connectivity index (χ0) is 13.0. The standard InChI is InChI=1S/C9H9IN3O3S/c10-6-2-1-5(3-7(6)13(15)16)8(14)4-17-9(11)12/h1-3,15H,4H2,(H3,11,12)/q-1. The SMILES string of the molecule is N=C(N)SCC(=O)c1ccc(I)c(N([O-])O)c1. The highest BCUT2D eigenvalue weighted by Crippen LogP contribution is 2.23. The lowest BCUT2D eigenvalue weighted by Gasteiger charge is -2.23. The van der Waals surface area contributed by atoms with E-state index < -0.39 is 0 Å². The summed E-state index contributed by atoms with van der Waals surface area (Å²) < 4.78 is 0.538. The predicted octanol–water partition coefficient (Wildman–Crippen LogP) is 1.79. The fourth-order valence-electron chi connectivity index (χ4n) is 1.06. The lowest BCUT2D eigenvalue weighted by Crippen LogP contribution is -2.13. The second-order valence-electron chi connectivity index (χ2n) is 3.02. The minimum Gasteiger partial charge on any atom is -0.733 e. The van der Waals surface area contributed by atoms with Gasteiger partial charge < -0.3 is 16.2 Å². The number of hydrogen-bond donors (Lipinski definition) is 3. The number of carbonyl (C=O) groups is 1. The van der Waals surface area contributed by atoms with Gasteiger partial charge >= 0.3 is 0 Å². The van der Waals surface area contributed by atoms with E-state index in [0.29, 0.717) is 9.13 Å². The number of nitrogens with two attached hydrogens (primary N) is 1. The first-order chi connectivity index (χ1) is 7.91. The summed E-state index contributed by atoms with van der Waals surface area (Å²) in [7, 11) is 0. The maximum absolute atomic E-state index is 11.7. The van der Waals surface area contributed by atoms with Gasteiger partial charge in [0.1, 0.15) is 0 Å². The number of thioether (sulfide) groups is 1. The van der Waals surface area contributed by atoms with Crippen molar-refractivity contribution in [2.24, 2.45) is 5.73 Å². The zero-order valence-electron chi connectivity index (χ0n) is 8.51. The van der Waals surface area contributed by atoms with E-state index in [0.717, 1.165) is 11.8 Å². The third-order valence-corrected chi connectivity index (χ3v) is 3.46. The van der Waals surface area contributed by atoms with Gasteiger partial charge in [0.2, 0.25) is 0 Å². The van der Waals surface area contributed by atoms with E-state index in [4.69, 9.17) is 16.4 Å². The van der Waals surface area contributed by atoms with E-state index in [-0.39, 0.29) is 27.6 Å². The monoisotopic (exact) mass is 366 g/mol. The fourth-order valence-corrected chi connectivity index (χ4v) is 2.05. The lowest BCUT2D eigenvalue weighted by molar-refractivity contribution is 0.102. The van der Waals surface area contributed by atoms with Gasteiger partial charge in [0.05, 0.1) is 11.4 Å². The van der Waals surface area contributed by atoms with Crippen LogP contribution < -0.4 is 11.0 Å². The third-order valence-electron chi connectivity index (χ3n) is 1.83. The van der Waals surface area contributed by atoms with Crippen LogP contribution in [0.1, 0.15) is 10.4 Å². The Morgan fingerprint density at radius 2 is 2.29 bits per heavy atom. The van der Waals surface area contributed by atoms with Gasteiger partial charge in [0.25, 0.3) is 0 Å². The zero-order valence-corrected chi connectivity index (χ0v) is 11.5. The Kier molecular flexibility index (Phi) is 5.18. The molecule has 1 aromatic rings. The van der Waals surface area contributed by atoms with E-state index in [1.807, 2.05) is 22.6 Å². The van der Waals surface area contributed by atoms with Crippen LogP contribution in [0.4, 0.5) is 5.69 Å². The first-order valence-electron chi connectivity index (χ1n) is 4.37. The summed E-state index contributed by atoms with van der Waals surface area (Å²) in [5, 5.41) is 26.2. The van der Waals surface area contributed by atoms with Crippen LogP contribution in [0, 0.1) is 14.2 Å². The summed E-state index contributed by atoms with van der Waals surface area (Å²) >= 11 is 2.78. The second kappa shape index (κ2) is 6.19. The van der Waals surface area contributed by atoms with E-state index in [2.05, 4.69) is 0 Å². The molecule has 0 radical (unpaired) electrons. The molecular weight excluding hydrogens is 357 g/mol. The number of ketones is 1. The van der Waals surface area contributed by atoms with Crippen LogP contribution in [0.2, 0.25) is 0 Å². The molecule has 1 aromatic carbocycles. The van der Waals surface area contributed by atoms with Crippen molar-refractivity contribution in [3.8, 4) is 0 Å². The predicted molar refractivity (Wildman–Crippen MR) is 75.5 cm³/mol. The van der Waals surface area contributed by atoms with Gasteiger partial charge in [0.15, 0.2) is 11.0 Å². The van der Waals surface area contributed by atoms with Crippen LogP contribution >= 0.6 is 34.4 Å². The van der Waals surface area contributed by atoms with Crippen molar-refractivity contribution in [2.75, 3.05) is 11.0 Å². The number of benzene rings is 1. The molecule has 0 amide bonds. The van der Waals surface area contributed by atoms with Crippen molar-refractivity contribution in [1.82, 2.24) is 0 Å². The van der Waals surface area contributed by atoms with Gasteiger partial charge in [0, 0.05) is 9.13 Å². The highest BCUT2D eigenvalue weighted by molar-refractivity contribution is 14.1. The molecule has 0 unspecified atom stereocenters. The van der Waals surface area contributed by atoms with Gasteiger partial charge in [-0.05, 0) is 34.7 Å². The minimum atomic E-state index is -0.281. The number of amidine groups is 1. The number of anilines is 1. The molecule has 6 nitrogen and oxygen atoms in total. The molecule has 0 bridgehead atoms. The number of rotatable bonds is 4. The van der Waals surface area contributed by atoms with Crippen LogP contribution in [0.3, 0.4) is 0 Å². The molecule has 0 spiro atoms. The largest absolute Gasteiger partial charge is 0.733 e. The Morgan fingerprint density at radius 3 is 2.82 bits per heavy atom. The molecule has 1 rings (SSSR count). The molecule has 0 saturated heterocycles. The highest BCUT2D eigenvalue weighted by Gasteiger charge is 2.10. The molecule has 0 atom stereocenters. The van der Waals surface area contributed by atoms with Gasteiger partial charge in [-0.25, -0.2) is 0 Å². The number of hydrogen-bond acceptors (Lipinski definition) is 6. The lowest BCUT2D eigenvalue weighted by atomic mass is 10.1. The van der Waals surface area contributed by atoms with Crippen molar-refractivity contribution in [3.05, 3.63) is 32.5 Å². The smallest absolute Gasteiger partial charge is 0.173 e. The summed E-state index contributed by atoms with van der Waals surface area (Å²) in [6.45, 7) is 0. The first kappa shape index (κ1) is 14.2. The van der Waals surface area contributed by atoms with Crippen molar-refractivity contribution in [2.45, 2.75) is 0 Å². The Hall–Kier alpha value is -0.840. The number of halogens is 1. The second-order valence-corrected chi connectivity index (χ2v) is 5.19. The molecular formula is C9H9IN3O3S-. The molecule has 0 heterocycles. The van der Waals surface area contributed by atoms with Crippen LogP contribution in [0.15, 0.2) is 18.2 Å². The molecule has 92 valence electrons. The Labute approximate surface area is 115 Å². The third kappa shape index (κ3) is 4.15. The average Bonchev–Trinajstić information content (AvgIpc) is 2.26. The Morgan fingerprint density at radius 1 is 1.65 bits per heavy atom. The fraction of sp³-hybridized carbons (Fsp3) is 0.111. The number of Topliss-reactive ketones (excluding diaryl/α,β-unsaturated/α-hetero) is 1. The molecule has 0 saturated carbocycles. The molecule has 0 aliphatic carbocycles. The molecule has 17 heavy (non-hydrogen) atoms. The van der Waals surface area contributed by atoms with Crippen molar-refractivity contribution in [1.29, 1.82) is 5.41 Å². The summed E-state index contributed by atoms with van der Waals surface area (Å²) in [4.78, 5) is 11.7. The van der Waals surface area contributed by atoms with Crippen molar-refractivity contribution >= 4 is 51.0 Å². The maximum atomic E-state index is 11.7. The molecule has 4 N–H and O–H groups in total. The van der Waals surface area contributed by atoms with Gasteiger partial charge in [-0.2, -0.15) is 0 Å². The number of nitrogens with zero attached hydrogens (tertiary/aromatic N) is 1. The first-order valence-corrected chi connectivity index (χ1v) is 6.44. The highest BCUT2D eigenvalue weighted by atomic mass is 127.